The van der Waals surface area contributed by atoms with E-state index in [2.05, 4.69) is 10.6 Å². The smallest absolute Gasteiger partial charge is 0.496 e. The molecule has 0 unspecified atom stereocenters. The molecule has 0 aliphatic carbocycles. The van der Waals surface area contributed by atoms with Crippen molar-refractivity contribution in [3.8, 4) is 11.5 Å². The molecule has 0 spiro atoms. The van der Waals surface area contributed by atoms with Gasteiger partial charge in [0.05, 0.1) is 13.7 Å². The Labute approximate surface area is 204 Å². The van der Waals surface area contributed by atoms with Crippen molar-refractivity contribution in [2.75, 3.05) is 19.0 Å². The third-order valence-corrected chi connectivity index (χ3v) is 5.12. The summed E-state index contributed by atoms with van der Waals surface area (Å²) in [6.45, 7) is 2.12. The molecule has 0 saturated carbocycles. The van der Waals surface area contributed by atoms with Crippen LogP contribution in [0.5, 0.6) is 11.5 Å². The minimum Gasteiger partial charge on any atom is -0.496 e. The van der Waals surface area contributed by atoms with Crippen molar-refractivity contribution in [2.24, 2.45) is 0 Å². The summed E-state index contributed by atoms with van der Waals surface area (Å²) in [5, 5.41) is 5.77. The largest absolute Gasteiger partial charge is 0.513 e. The number of carbonyl (C=O) groups is 3. The molecule has 0 aliphatic rings. The van der Waals surface area contributed by atoms with Crippen LogP contribution in [0.2, 0.25) is 0 Å². The van der Waals surface area contributed by atoms with E-state index in [1.807, 2.05) is 42.5 Å². The van der Waals surface area contributed by atoms with E-state index in [0.717, 1.165) is 16.9 Å². The number of benzene rings is 3. The van der Waals surface area contributed by atoms with Gasteiger partial charge in [-0.15, -0.1) is 0 Å². The fourth-order valence-corrected chi connectivity index (χ4v) is 3.36. The highest BCUT2D eigenvalue weighted by Crippen LogP contribution is 2.20. The zero-order chi connectivity index (χ0) is 25.0. The fourth-order valence-electron chi connectivity index (χ4n) is 3.36. The van der Waals surface area contributed by atoms with Crippen LogP contribution in [0, 0.1) is 0 Å². The number of carbonyl (C=O) groups excluding carboxylic acids is 3. The van der Waals surface area contributed by atoms with Gasteiger partial charge in [0.25, 0.3) is 5.91 Å². The van der Waals surface area contributed by atoms with Gasteiger partial charge in [0, 0.05) is 24.2 Å². The molecule has 8 nitrogen and oxygen atoms in total. The molecule has 0 radical (unpaired) electrons. The van der Waals surface area contributed by atoms with Crippen molar-refractivity contribution in [3.63, 3.8) is 0 Å². The molecule has 8 heteroatoms. The van der Waals surface area contributed by atoms with Crippen LogP contribution < -0.4 is 20.1 Å². The molecular formula is C27H28N2O6. The minimum absolute atomic E-state index is 0.133. The molecule has 3 aromatic carbocycles. The second kappa shape index (κ2) is 12.8. The Bertz CT molecular complexity index is 1160. The molecular weight excluding hydrogens is 448 g/mol. The first-order valence-electron chi connectivity index (χ1n) is 11.2. The summed E-state index contributed by atoms with van der Waals surface area (Å²) in [5.41, 5.74) is 2.77. The summed E-state index contributed by atoms with van der Waals surface area (Å²) in [7, 11) is 1.61. The lowest BCUT2D eigenvalue weighted by Crippen LogP contribution is -2.24. The molecule has 3 rings (SSSR count). The van der Waals surface area contributed by atoms with Gasteiger partial charge in [-0.3, -0.25) is 9.59 Å². The van der Waals surface area contributed by atoms with Gasteiger partial charge in [-0.1, -0.05) is 36.4 Å². The van der Waals surface area contributed by atoms with E-state index in [-0.39, 0.29) is 30.7 Å². The first-order chi connectivity index (χ1) is 17.0. The highest BCUT2D eigenvalue weighted by molar-refractivity contribution is 5.95. The first-order valence-corrected chi connectivity index (χ1v) is 11.2. The number of anilines is 1. The van der Waals surface area contributed by atoms with Gasteiger partial charge in [-0.2, -0.15) is 0 Å². The summed E-state index contributed by atoms with van der Waals surface area (Å²) in [5.74, 6) is 0.599. The Morgan fingerprint density at radius 3 is 2.26 bits per heavy atom. The zero-order valence-electron chi connectivity index (χ0n) is 19.7. The minimum atomic E-state index is -0.800. The van der Waals surface area contributed by atoms with E-state index in [1.54, 1.807) is 32.2 Å². The summed E-state index contributed by atoms with van der Waals surface area (Å²) >= 11 is 0. The van der Waals surface area contributed by atoms with E-state index in [0.29, 0.717) is 24.1 Å². The van der Waals surface area contributed by atoms with Crippen molar-refractivity contribution in [2.45, 2.75) is 26.3 Å². The number of nitrogens with one attached hydrogen (secondary N) is 2. The quantitative estimate of drug-likeness (QED) is 0.324. The third-order valence-electron chi connectivity index (χ3n) is 5.12. The fraction of sp³-hybridized carbons (Fsp3) is 0.222. The molecule has 182 valence electrons. The average molecular weight is 477 g/mol. The van der Waals surface area contributed by atoms with Crippen molar-refractivity contribution in [1.82, 2.24) is 5.32 Å². The van der Waals surface area contributed by atoms with Crippen LogP contribution >= 0.6 is 0 Å². The molecule has 0 heterocycles. The van der Waals surface area contributed by atoms with E-state index in [4.69, 9.17) is 14.2 Å². The Kier molecular flexibility index (Phi) is 9.24. The highest BCUT2D eigenvalue weighted by atomic mass is 16.7. The number of hydrogen-bond acceptors (Lipinski definition) is 6. The Morgan fingerprint density at radius 1 is 0.857 bits per heavy atom. The lowest BCUT2D eigenvalue weighted by molar-refractivity contribution is -0.116. The molecule has 0 aliphatic heterocycles. The third kappa shape index (κ3) is 7.60. The number of aryl methyl sites for hydroxylation is 1. The molecule has 2 amide bonds. The second-order valence-corrected chi connectivity index (χ2v) is 7.51. The van der Waals surface area contributed by atoms with Gasteiger partial charge < -0.3 is 24.8 Å². The van der Waals surface area contributed by atoms with Gasteiger partial charge >= 0.3 is 6.16 Å². The number of amides is 2. The lowest BCUT2D eigenvalue weighted by atomic mass is 10.1. The first kappa shape index (κ1) is 25.3. The Hall–Kier alpha value is -4.33. The molecule has 3 aromatic rings. The Balaban J connectivity index is 1.54. The van der Waals surface area contributed by atoms with E-state index >= 15 is 0 Å². The number of rotatable bonds is 10. The predicted molar refractivity (Wildman–Crippen MR) is 132 cm³/mol. The summed E-state index contributed by atoms with van der Waals surface area (Å²) in [6, 6.07) is 21.0. The van der Waals surface area contributed by atoms with Crippen LogP contribution in [0.15, 0.2) is 72.8 Å². The highest BCUT2D eigenvalue weighted by Gasteiger charge is 2.12. The van der Waals surface area contributed by atoms with Crippen LogP contribution in [-0.4, -0.2) is 31.7 Å². The molecule has 0 aromatic heterocycles. The normalized spacial score (nSPS) is 10.2. The van der Waals surface area contributed by atoms with Gasteiger partial charge in [0.1, 0.15) is 11.5 Å². The van der Waals surface area contributed by atoms with Gasteiger partial charge in [-0.05, 0) is 60.9 Å². The van der Waals surface area contributed by atoms with Crippen LogP contribution in [0.25, 0.3) is 0 Å². The summed E-state index contributed by atoms with van der Waals surface area (Å²) < 4.78 is 15.1. The average Bonchev–Trinajstić information content (AvgIpc) is 2.87. The molecule has 2 N–H and O–H groups in total. The van der Waals surface area contributed by atoms with Gasteiger partial charge in [0.15, 0.2) is 0 Å². The van der Waals surface area contributed by atoms with E-state index in [1.165, 1.54) is 12.1 Å². The molecule has 0 fully saturated rings. The van der Waals surface area contributed by atoms with E-state index in [9.17, 15) is 14.4 Å². The van der Waals surface area contributed by atoms with Crippen molar-refractivity contribution < 1.29 is 28.6 Å². The maximum atomic E-state index is 12.6. The van der Waals surface area contributed by atoms with Crippen LogP contribution in [0.4, 0.5) is 10.5 Å². The standard InChI is InChI=1S/C27H28N2O6/c1-3-34-27(32)35-22-15-12-20(13-16-22)26(31)28-18-21-9-4-6-10-23(21)29-25(30)17-14-19-8-5-7-11-24(19)33-2/h4-13,15-16H,3,14,17-18H2,1-2H3,(H,28,31)(H,29,30). The van der Waals surface area contributed by atoms with Gasteiger partial charge in [0.2, 0.25) is 5.91 Å². The maximum absolute atomic E-state index is 12.6. The van der Waals surface area contributed by atoms with E-state index < -0.39 is 6.16 Å². The van der Waals surface area contributed by atoms with Crippen molar-refractivity contribution in [1.29, 1.82) is 0 Å². The number of methoxy groups -OCH3 is 1. The second-order valence-electron chi connectivity index (χ2n) is 7.51. The number of para-hydroxylation sites is 2. The molecule has 0 atom stereocenters. The predicted octanol–water partition coefficient (Wildman–Crippen LogP) is 4.73. The monoisotopic (exact) mass is 476 g/mol. The lowest BCUT2D eigenvalue weighted by Gasteiger charge is -2.13. The van der Waals surface area contributed by atoms with Crippen LogP contribution in [-0.2, 0) is 22.5 Å². The van der Waals surface area contributed by atoms with Crippen molar-refractivity contribution >= 4 is 23.7 Å². The molecule has 0 saturated heterocycles. The summed E-state index contributed by atoms with van der Waals surface area (Å²) in [4.78, 5) is 36.5. The zero-order valence-corrected chi connectivity index (χ0v) is 19.7. The van der Waals surface area contributed by atoms with Gasteiger partial charge in [-0.25, -0.2) is 4.79 Å². The molecule has 0 bridgehead atoms. The van der Waals surface area contributed by atoms with Crippen molar-refractivity contribution in [3.05, 3.63) is 89.5 Å². The number of hydrogen-bond donors (Lipinski definition) is 2. The molecule has 35 heavy (non-hydrogen) atoms. The van der Waals surface area contributed by atoms with Crippen LogP contribution in [0.3, 0.4) is 0 Å². The van der Waals surface area contributed by atoms with Crippen LogP contribution in [0.1, 0.15) is 34.8 Å². The topological polar surface area (TPSA) is 103 Å². The summed E-state index contributed by atoms with van der Waals surface area (Å²) in [6.07, 6.45) is 0.0394. The Morgan fingerprint density at radius 2 is 1.54 bits per heavy atom. The maximum Gasteiger partial charge on any atom is 0.513 e. The number of ether oxygens (including phenoxy) is 3. The SMILES string of the molecule is CCOC(=O)Oc1ccc(C(=O)NCc2ccccc2NC(=O)CCc2ccccc2OC)cc1.